The largest absolute Gasteiger partial charge is 0.378 e. The Balaban J connectivity index is 2.02. The first-order chi connectivity index (χ1) is 9.09. The number of morpholine rings is 1. The molecule has 1 aromatic rings. The molecular weight excluding hydrogens is 240 g/mol. The first kappa shape index (κ1) is 14.0. The highest BCUT2D eigenvalue weighted by atomic mass is 16.5. The van der Waals surface area contributed by atoms with Gasteiger partial charge < -0.3 is 15.4 Å². The van der Waals surface area contributed by atoms with E-state index in [1.165, 1.54) is 16.7 Å². The number of rotatable bonds is 3. The van der Waals surface area contributed by atoms with Crippen LogP contribution < -0.4 is 10.6 Å². The number of aryl methyl sites for hydroxylation is 1. The first-order valence-electron chi connectivity index (χ1n) is 6.77. The van der Waals surface area contributed by atoms with Gasteiger partial charge in [-0.25, -0.2) is 0 Å². The van der Waals surface area contributed by atoms with Gasteiger partial charge in [0.25, 0.3) is 0 Å². The molecule has 1 heterocycles. The summed E-state index contributed by atoms with van der Waals surface area (Å²) in [6.45, 7) is 8.06. The summed E-state index contributed by atoms with van der Waals surface area (Å²) < 4.78 is 5.31. The highest BCUT2D eigenvalue weighted by Gasteiger charge is 2.23. The zero-order valence-corrected chi connectivity index (χ0v) is 11.8. The maximum atomic E-state index is 12.1. The summed E-state index contributed by atoms with van der Waals surface area (Å²) in [6.07, 6.45) is 0. The molecule has 0 spiro atoms. The maximum absolute atomic E-state index is 12.1. The molecule has 2 rings (SSSR count). The molecule has 0 aromatic heterocycles. The Bertz CT molecular complexity index is 453. The SMILES string of the molecule is Cc1cccc(C(C)NC(=O)C2COCCN2)c1C. The van der Waals surface area contributed by atoms with Crippen molar-refractivity contribution in [2.75, 3.05) is 19.8 Å². The van der Waals surface area contributed by atoms with E-state index in [-0.39, 0.29) is 18.0 Å². The number of hydrogen-bond donors (Lipinski definition) is 2. The zero-order valence-electron chi connectivity index (χ0n) is 11.8. The Morgan fingerprint density at radius 2 is 2.26 bits per heavy atom. The van der Waals surface area contributed by atoms with Crippen molar-refractivity contribution in [1.82, 2.24) is 10.6 Å². The smallest absolute Gasteiger partial charge is 0.240 e. The van der Waals surface area contributed by atoms with Gasteiger partial charge >= 0.3 is 0 Å². The third-order valence-corrected chi connectivity index (χ3v) is 3.71. The molecule has 1 aliphatic rings. The fraction of sp³-hybridized carbons (Fsp3) is 0.533. The molecule has 4 heteroatoms. The molecule has 1 aromatic carbocycles. The number of nitrogens with one attached hydrogen (secondary N) is 2. The van der Waals surface area contributed by atoms with E-state index in [9.17, 15) is 4.79 Å². The molecule has 0 bridgehead atoms. The van der Waals surface area contributed by atoms with Crippen molar-refractivity contribution in [3.63, 3.8) is 0 Å². The molecule has 19 heavy (non-hydrogen) atoms. The van der Waals surface area contributed by atoms with E-state index in [0.29, 0.717) is 13.2 Å². The van der Waals surface area contributed by atoms with Gasteiger partial charge in [0.2, 0.25) is 5.91 Å². The Morgan fingerprint density at radius 3 is 2.95 bits per heavy atom. The summed E-state index contributed by atoms with van der Waals surface area (Å²) in [5, 5.41) is 6.22. The van der Waals surface area contributed by atoms with Crippen LogP contribution in [0.4, 0.5) is 0 Å². The molecule has 1 aliphatic heterocycles. The van der Waals surface area contributed by atoms with Crippen molar-refractivity contribution in [3.05, 3.63) is 34.9 Å². The van der Waals surface area contributed by atoms with Crippen molar-refractivity contribution in [3.8, 4) is 0 Å². The highest BCUT2D eigenvalue weighted by molar-refractivity contribution is 5.82. The third-order valence-electron chi connectivity index (χ3n) is 3.71. The van der Waals surface area contributed by atoms with Crippen molar-refractivity contribution >= 4 is 5.91 Å². The van der Waals surface area contributed by atoms with Crippen molar-refractivity contribution in [2.24, 2.45) is 0 Å². The lowest BCUT2D eigenvalue weighted by molar-refractivity contribution is -0.126. The number of ether oxygens (including phenoxy) is 1. The fourth-order valence-electron chi connectivity index (χ4n) is 2.37. The molecule has 2 atom stereocenters. The van der Waals surface area contributed by atoms with Crippen LogP contribution in [0.25, 0.3) is 0 Å². The van der Waals surface area contributed by atoms with Gasteiger partial charge in [0.1, 0.15) is 6.04 Å². The lowest BCUT2D eigenvalue weighted by Crippen LogP contribution is -2.51. The van der Waals surface area contributed by atoms with Crippen LogP contribution in [0.1, 0.15) is 29.7 Å². The van der Waals surface area contributed by atoms with Crippen LogP contribution in [0.15, 0.2) is 18.2 Å². The number of amides is 1. The predicted octanol–water partition coefficient (Wildman–Crippen LogP) is 1.47. The number of carbonyl (C=O) groups excluding carboxylic acids is 1. The van der Waals surface area contributed by atoms with Crippen LogP contribution in [-0.2, 0) is 9.53 Å². The Hall–Kier alpha value is -1.39. The van der Waals surface area contributed by atoms with Gasteiger partial charge in [-0.1, -0.05) is 18.2 Å². The molecule has 1 saturated heterocycles. The predicted molar refractivity (Wildman–Crippen MR) is 75.1 cm³/mol. The molecule has 1 fully saturated rings. The summed E-state index contributed by atoms with van der Waals surface area (Å²) in [5.74, 6) is 0.00751. The van der Waals surface area contributed by atoms with E-state index in [4.69, 9.17) is 4.74 Å². The van der Waals surface area contributed by atoms with Crippen molar-refractivity contribution in [2.45, 2.75) is 32.9 Å². The summed E-state index contributed by atoms with van der Waals surface area (Å²) in [4.78, 5) is 12.1. The van der Waals surface area contributed by atoms with Gasteiger partial charge in [-0.15, -0.1) is 0 Å². The Kier molecular flexibility index (Phi) is 4.56. The van der Waals surface area contributed by atoms with Gasteiger partial charge in [0, 0.05) is 6.54 Å². The number of benzene rings is 1. The second kappa shape index (κ2) is 6.17. The second-order valence-electron chi connectivity index (χ2n) is 5.10. The molecule has 0 aliphatic carbocycles. The molecule has 2 unspecified atom stereocenters. The molecule has 104 valence electrons. The zero-order chi connectivity index (χ0) is 13.8. The monoisotopic (exact) mass is 262 g/mol. The van der Waals surface area contributed by atoms with Crippen LogP contribution in [0.5, 0.6) is 0 Å². The van der Waals surface area contributed by atoms with Gasteiger partial charge in [0.15, 0.2) is 0 Å². The van der Waals surface area contributed by atoms with Gasteiger partial charge in [0.05, 0.1) is 19.3 Å². The average molecular weight is 262 g/mol. The third kappa shape index (κ3) is 3.33. The molecule has 0 saturated carbocycles. The van der Waals surface area contributed by atoms with Crippen molar-refractivity contribution in [1.29, 1.82) is 0 Å². The van der Waals surface area contributed by atoms with Crippen LogP contribution in [-0.4, -0.2) is 31.7 Å². The molecule has 0 radical (unpaired) electrons. The number of carbonyl (C=O) groups is 1. The fourth-order valence-corrected chi connectivity index (χ4v) is 2.37. The second-order valence-corrected chi connectivity index (χ2v) is 5.10. The Morgan fingerprint density at radius 1 is 1.47 bits per heavy atom. The first-order valence-corrected chi connectivity index (χ1v) is 6.77. The van der Waals surface area contributed by atoms with E-state index >= 15 is 0 Å². The normalized spacial score (nSPS) is 20.9. The molecule has 4 nitrogen and oxygen atoms in total. The summed E-state index contributed by atoms with van der Waals surface area (Å²) in [7, 11) is 0. The lowest BCUT2D eigenvalue weighted by Gasteiger charge is -2.25. The summed E-state index contributed by atoms with van der Waals surface area (Å²) in [5.41, 5.74) is 3.66. The van der Waals surface area contributed by atoms with E-state index in [1.54, 1.807) is 0 Å². The standard InChI is InChI=1S/C15H22N2O2/c1-10-5-4-6-13(11(10)2)12(3)17-15(18)14-9-19-8-7-16-14/h4-6,12,14,16H,7-9H2,1-3H3,(H,17,18). The molecule has 2 N–H and O–H groups in total. The minimum atomic E-state index is -0.235. The highest BCUT2D eigenvalue weighted by Crippen LogP contribution is 2.20. The van der Waals surface area contributed by atoms with E-state index in [1.807, 2.05) is 13.0 Å². The van der Waals surface area contributed by atoms with Crippen LogP contribution in [0, 0.1) is 13.8 Å². The van der Waals surface area contributed by atoms with E-state index < -0.39 is 0 Å². The lowest BCUT2D eigenvalue weighted by atomic mass is 9.98. The van der Waals surface area contributed by atoms with E-state index in [2.05, 4.69) is 36.6 Å². The topological polar surface area (TPSA) is 50.4 Å². The minimum absolute atomic E-state index is 0.00751. The van der Waals surface area contributed by atoms with E-state index in [0.717, 1.165) is 6.54 Å². The number of hydrogen-bond acceptors (Lipinski definition) is 3. The van der Waals surface area contributed by atoms with Gasteiger partial charge in [-0.05, 0) is 37.5 Å². The van der Waals surface area contributed by atoms with Gasteiger partial charge in [-0.2, -0.15) is 0 Å². The average Bonchev–Trinajstić information content (AvgIpc) is 2.42. The maximum Gasteiger partial charge on any atom is 0.240 e. The Labute approximate surface area is 114 Å². The summed E-state index contributed by atoms with van der Waals surface area (Å²) in [6, 6.07) is 5.96. The van der Waals surface area contributed by atoms with Gasteiger partial charge in [-0.3, -0.25) is 4.79 Å². The quantitative estimate of drug-likeness (QED) is 0.867. The van der Waals surface area contributed by atoms with Crippen molar-refractivity contribution < 1.29 is 9.53 Å². The van der Waals surface area contributed by atoms with Crippen LogP contribution in [0.2, 0.25) is 0 Å². The van der Waals surface area contributed by atoms with Crippen LogP contribution >= 0.6 is 0 Å². The summed E-state index contributed by atoms with van der Waals surface area (Å²) >= 11 is 0. The molecule has 1 amide bonds. The minimum Gasteiger partial charge on any atom is -0.378 e. The van der Waals surface area contributed by atoms with Crippen LogP contribution in [0.3, 0.4) is 0 Å². The molecular formula is C15H22N2O2.